The Morgan fingerprint density at radius 3 is 2.35 bits per heavy atom. The van der Waals surface area contributed by atoms with Crippen molar-refractivity contribution in [3.8, 4) is 34.1 Å². The number of ether oxygens (including phenoxy) is 1. The van der Waals surface area contributed by atoms with Crippen molar-refractivity contribution < 1.29 is 25.8 Å². The van der Waals surface area contributed by atoms with Gasteiger partial charge in [0.2, 0.25) is 0 Å². The molecule has 4 aromatic carbocycles. The Bertz CT molecular complexity index is 2330. The second kappa shape index (κ2) is 14.6. The van der Waals surface area contributed by atoms with Crippen molar-refractivity contribution >= 4 is 21.8 Å². The summed E-state index contributed by atoms with van der Waals surface area (Å²) in [6, 6.07) is 37.2. The Kier molecular flexibility index (Phi) is 10.4. The normalized spacial score (nSPS) is 11.8. The van der Waals surface area contributed by atoms with Gasteiger partial charge in [0.05, 0.1) is 5.69 Å². The molecule has 0 aliphatic carbocycles. The van der Waals surface area contributed by atoms with Crippen LogP contribution in [0.2, 0.25) is 0 Å². The van der Waals surface area contributed by atoms with Crippen molar-refractivity contribution in [1.29, 1.82) is 0 Å². The monoisotopic (exact) mass is 853 g/mol. The standard InChI is InChI=1S/C45H46N4O.Pt/c1-9-45(7,8)35-17-20-41-40(26-35)39-19-18-37(28-42(39)48(41)43-23-30(4)21-22-46-43)50-38-25-33(16-15-29(2)3)24-36(27-38)49-32(6)44(31(5)47-49)34-13-11-10-12-14-34;/h10-14,17-26,29H,9,15-16H2,1-8H3;/q-2;+2. The number of benzene rings is 4. The number of rotatable bonds is 10. The van der Waals surface area contributed by atoms with Crippen LogP contribution in [0.3, 0.4) is 0 Å². The van der Waals surface area contributed by atoms with E-state index in [1.165, 1.54) is 16.5 Å². The Morgan fingerprint density at radius 1 is 0.843 bits per heavy atom. The Balaban J connectivity index is 0.00000448. The third kappa shape index (κ3) is 7.19. The largest absolute Gasteiger partial charge is 2.00 e. The SMILES string of the molecule is CCC(C)(C)c1ccc2c(c1)c1ccc(Oc3[c-]c(-n4nc(C)c(-c5ccccc5)c4C)cc(CCC(C)C)c3)[c-]c1n2-c1cc(C)ccn1.[Pt+2]. The molecule has 0 fully saturated rings. The second-order valence-corrected chi connectivity index (χ2v) is 14.7. The van der Waals surface area contributed by atoms with Crippen LogP contribution in [0.25, 0.3) is 44.4 Å². The first-order valence-corrected chi connectivity index (χ1v) is 17.8. The minimum absolute atomic E-state index is 0. The third-order valence-corrected chi connectivity index (χ3v) is 10.1. The van der Waals surface area contributed by atoms with Crippen LogP contribution in [0.15, 0.2) is 91.1 Å². The van der Waals surface area contributed by atoms with E-state index in [0.717, 1.165) is 75.3 Å². The van der Waals surface area contributed by atoms with Crippen LogP contribution < -0.4 is 4.74 Å². The molecule has 0 atom stereocenters. The predicted octanol–water partition coefficient (Wildman–Crippen LogP) is 11.6. The molecule has 0 unspecified atom stereocenters. The van der Waals surface area contributed by atoms with Crippen molar-refractivity contribution in [3.05, 3.63) is 131 Å². The fourth-order valence-electron chi connectivity index (χ4n) is 6.86. The molecule has 0 amide bonds. The summed E-state index contributed by atoms with van der Waals surface area (Å²) in [5, 5.41) is 7.31. The van der Waals surface area contributed by atoms with Gasteiger partial charge in [0.25, 0.3) is 0 Å². The van der Waals surface area contributed by atoms with Crippen molar-refractivity contribution in [2.24, 2.45) is 5.92 Å². The fraction of sp³-hybridized carbons (Fsp3) is 0.289. The zero-order valence-corrected chi connectivity index (χ0v) is 33.1. The molecule has 7 aromatic rings. The first-order valence-electron chi connectivity index (χ1n) is 17.8. The van der Waals surface area contributed by atoms with Gasteiger partial charge in [-0.15, -0.1) is 35.7 Å². The van der Waals surface area contributed by atoms with Crippen molar-refractivity contribution in [2.45, 2.75) is 80.1 Å². The average Bonchev–Trinajstić information content (AvgIpc) is 3.59. The van der Waals surface area contributed by atoms with Crippen LogP contribution in [0.1, 0.15) is 75.5 Å². The summed E-state index contributed by atoms with van der Waals surface area (Å²) in [5.41, 5.74) is 11.0. The van der Waals surface area contributed by atoms with Gasteiger partial charge in [0.1, 0.15) is 5.82 Å². The van der Waals surface area contributed by atoms with Crippen LogP contribution in [0.5, 0.6) is 11.5 Å². The van der Waals surface area contributed by atoms with Crippen molar-refractivity contribution in [2.75, 3.05) is 0 Å². The zero-order valence-electron chi connectivity index (χ0n) is 30.9. The molecular weight excluding hydrogens is 808 g/mol. The van der Waals surface area contributed by atoms with Gasteiger partial charge in [-0.25, -0.2) is 4.98 Å². The molecule has 3 aromatic heterocycles. The Labute approximate surface area is 317 Å². The summed E-state index contributed by atoms with van der Waals surface area (Å²) < 4.78 is 10.9. The molecule has 0 spiro atoms. The van der Waals surface area contributed by atoms with E-state index in [0.29, 0.717) is 17.4 Å². The molecule has 0 N–H and O–H groups in total. The molecule has 262 valence electrons. The summed E-state index contributed by atoms with van der Waals surface area (Å²) in [4.78, 5) is 4.80. The molecule has 5 nitrogen and oxygen atoms in total. The molecule has 0 saturated carbocycles. The molecule has 3 heterocycles. The molecule has 51 heavy (non-hydrogen) atoms. The van der Waals surface area contributed by atoms with Gasteiger partial charge in [0, 0.05) is 34.5 Å². The first-order chi connectivity index (χ1) is 24.0. The maximum atomic E-state index is 6.68. The quantitative estimate of drug-likeness (QED) is 0.129. The van der Waals surface area contributed by atoms with Gasteiger partial charge in [-0.3, -0.25) is 4.68 Å². The minimum atomic E-state index is 0. The zero-order chi connectivity index (χ0) is 35.2. The van der Waals surface area contributed by atoms with E-state index >= 15 is 0 Å². The van der Waals surface area contributed by atoms with Crippen LogP contribution in [0, 0.1) is 38.8 Å². The van der Waals surface area contributed by atoms with E-state index in [9.17, 15) is 0 Å². The summed E-state index contributed by atoms with van der Waals surface area (Å²) >= 11 is 0. The Morgan fingerprint density at radius 2 is 1.63 bits per heavy atom. The molecule has 0 aliphatic rings. The van der Waals surface area contributed by atoms with Crippen LogP contribution in [-0.4, -0.2) is 19.3 Å². The number of hydrogen-bond donors (Lipinski definition) is 0. The predicted molar refractivity (Wildman–Crippen MR) is 206 cm³/mol. The number of nitrogens with zero attached hydrogens (tertiary/aromatic N) is 4. The van der Waals surface area contributed by atoms with Gasteiger partial charge in [-0.1, -0.05) is 89.0 Å². The Hall–Kier alpha value is -4.47. The third-order valence-electron chi connectivity index (χ3n) is 10.1. The second-order valence-electron chi connectivity index (χ2n) is 14.7. The summed E-state index contributed by atoms with van der Waals surface area (Å²) in [6.07, 6.45) is 4.94. The molecule has 0 bridgehead atoms. The van der Waals surface area contributed by atoms with E-state index in [2.05, 4.69) is 139 Å². The smallest absolute Gasteiger partial charge is 0.509 e. The van der Waals surface area contributed by atoms with Crippen LogP contribution >= 0.6 is 0 Å². The summed E-state index contributed by atoms with van der Waals surface area (Å²) in [7, 11) is 0. The number of fused-ring (bicyclic) bond motifs is 3. The van der Waals surface area contributed by atoms with Crippen LogP contribution in [0.4, 0.5) is 0 Å². The van der Waals surface area contributed by atoms with E-state index in [4.69, 9.17) is 14.8 Å². The molecule has 0 aliphatic heterocycles. The number of aryl methyl sites for hydroxylation is 3. The number of hydrogen-bond acceptors (Lipinski definition) is 3. The summed E-state index contributed by atoms with van der Waals surface area (Å²) in [6.45, 7) is 17.7. The maximum Gasteiger partial charge on any atom is 2.00 e. The number of pyridine rings is 1. The molecule has 6 heteroatoms. The van der Waals surface area contributed by atoms with Crippen molar-refractivity contribution in [1.82, 2.24) is 19.3 Å². The molecule has 7 rings (SSSR count). The van der Waals surface area contributed by atoms with Gasteiger partial charge in [-0.05, 0) is 90.9 Å². The topological polar surface area (TPSA) is 44.9 Å². The van der Waals surface area contributed by atoms with Crippen LogP contribution in [-0.2, 0) is 32.9 Å². The van der Waals surface area contributed by atoms with E-state index < -0.39 is 0 Å². The van der Waals surface area contributed by atoms with E-state index in [-0.39, 0.29) is 26.5 Å². The fourth-order valence-corrected chi connectivity index (χ4v) is 6.86. The van der Waals surface area contributed by atoms with E-state index in [1.54, 1.807) is 0 Å². The van der Waals surface area contributed by atoms with Gasteiger partial charge >= 0.3 is 21.1 Å². The number of aromatic nitrogens is 4. The van der Waals surface area contributed by atoms with Gasteiger partial charge in [0.15, 0.2) is 0 Å². The summed E-state index contributed by atoms with van der Waals surface area (Å²) in [5.74, 6) is 2.73. The van der Waals surface area contributed by atoms with Gasteiger partial charge < -0.3 is 9.30 Å². The maximum absolute atomic E-state index is 6.68. The molecule has 0 saturated heterocycles. The molecular formula is C45H46N4OPt. The van der Waals surface area contributed by atoms with Gasteiger partial charge in [-0.2, -0.15) is 16.7 Å². The molecule has 0 radical (unpaired) electrons. The van der Waals surface area contributed by atoms with E-state index in [1.807, 2.05) is 29.1 Å². The van der Waals surface area contributed by atoms with Crippen molar-refractivity contribution in [3.63, 3.8) is 0 Å². The average molecular weight is 854 g/mol. The minimum Gasteiger partial charge on any atom is -0.509 e. The first kappa shape index (κ1) is 36.3.